The molecule has 52 heavy (non-hydrogen) atoms. The van der Waals surface area contributed by atoms with Crippen LogP contribution in [0.25, 0.3) is 0 Å². The standard InChI is InChI=1S/C43H58F3NO5/c1-27-7-6-17-41(4)37(16-18-42(41,52)26-47(24-34(50)25-48)23-30-12-13-31-22-38(30)40(31,2)3)35-15-11-28(19-33(49)14-10-27)20-36(35)39(51)29-8-5-9-32(21-29)43(44,45)46/h5,7-9,11,15,20-21,30-31,33-34,37-38,48-50,52H,6,10,12-14,16-19,22-26H2,1-4H3/t30-,31-,33-,34-,37-,38-,41-,42+/m0/s1. The Balaban J connectivity index is 1.40. The maximum absolute atomic E-state index is 14.3. The third kappa shape index (κ3) is 7.68. The summed E-state index contributed by atoms with van der Waals surface area (Å²) in [7, 11) is 0. The second-order valence-corrected chi connectivity index (χ2v) is 17.6. The summed E-state index contributed by atoms with van der Waals surface area (Å²) in [6, 6.07) is 10.1. The first kappa shape index (κ1) is 39.1. The normalized spacial score (nSPS) is 32.5. The highest BCUT2D eigenvalue weighted by molar-refractivity contribution is 6.10. The zero-order valence-corrected chi connectivity index (χ0v) is 31.3. The average Bonchev–Trinajstić information content (AvgIpc) is 3.34. The fraction of sp³-hybridized carbons (Fsp3) is 0.651. The van der Waals surface area contributed by atoms with Gasteiger partial charge in [0.1, 0.15) is 0 Å². The molecule has 0 heterocycles. The van der Waals surface area contributed by atoms with Crippen molar-refractivity contribution in [3.63, 3.8) is 0 Å². The Bertz CT molecular complexity index is 1640. The molecule has 286 valence electrons. The zero-order valence-electron chi connectivity index (χ0n) is 31.3. The lowest BCUT2D eigenvalue weighted by Crippen LogP contribution is -2.58. The third-order valence-corrected chi connectivity index (χ3v) is 14.0. The maximum Gasteiger partial charge on any atom is 0.416 e. The molecule has 4 saturated carbocycles. The molecule has 0 unspecified atom stereocenters. The Morgan fingerprint density at radius 3 is 2.50 bits per heavy atom. The van der Waals surface area contributed by atoms with Crippen molar-refractivity contribution in [1.29, 1.82) is 0 Å². The molecule has 6 aliphatic rings. The predicted molar refractivity (Wildman–Crippen MR) is 196 cm³/mol. The molecule has 4 fully saturated rings. The van der Waals surface area contributed by atoms with Gasteiger partial charge in [-0.3, -0.25) is 9.69 Å². The number of allylic oxidation sites excluding steroid dienone is 2. The SMILES string of the molecule is CC1=CCC[C@@]2(C)[C@@H](CC[C@@]2(O)CN(C[C@H](O)CO)C[C@@H]2CC[C@H]3C[C@@H]2C3(C)C)c2ccc(cc2C(=O)c2cccc(C(F)(F)F)c2)C[C@@H](O)CC1. The monoisotopic (exact) mass is 725 g/mol. The van der Waals surface area contributed by atoms with Crippen LogP contribution in [0.3, 0.4) is 0 Å². The Morgan fingerprint density at radius 2 is 1.81 bits per heavy atom. The lowest BCUT2D eigenvalue weighted by atomic mass is 9.45. The molecule has 0 aliphatic heterocycles. The van der Waals surface area contributed by atoms with Gasteiger partial charge in [-0.25, -0.2) is 0 Å². The van der Waals surface area contributed by atoms with Crippen LogP contribution < -0.4 is 0 Å². The Kier molecular flexibility index (Phi) is 11.2. The number of hydrogen-bond donors (Lipinski definition) is 4. The number of carbonyl (C=O) groups is 1. The number of aliphatic hydroxyl groups excluding tert-OH is 3. The fourth-order valence-electron chi connectivity index (χ4n) is 10.6. The van der Waals surface area contributed by atoms with Gasteiger partial charge in [0.2, 0.25) is 0 Å². The van der Waals surface area contributed by atoms with E-state index in [1.807, 2.05) is 12.1 Å². The summed E-state index contributed by atoms with van der Waals surface area (Å²) in [5.41, 5.74) is 0.276. The van der Waals surface area contributed by atoms with Crippen LogP contribution >= 0.6 is 0 Å². The molecule has 2 aromatic rings. The lowest BCUT2D eigenvalue weighted by Gasteiger charge is -2.61. The molecule has 0 amide bonds. The van der Waals surface area contributed by atoms with Crippen LogP contribution in [0, 0.1) is 28.6 Å². The number of nitrogens with zero attached hydrogens (tertiary/aromatic N) is 1. The summed E-state index contributed by atoms with van der Waals surface area (Å²) in [5, 5.41) is 44.5. The molecular weight excluding hydrogens is 667 g/mol. The Labute approximate surface area is 307 Å². The molecule has 4 N–H and O–H groups in total. The van der Waals surface area contributed by atoms with Crippen molar-refractivity contribution in [3.05, 3.63) is 81.9 Å². The number of rotatable bonds is 9. The van der Waals surface area contributed by atoms with Crippen molar-refractivity contribution in [2.45, 2.75) is 122 Å². The highest BCUT2D eigenvalue weighted by Gasteiger charge is 2.58. The van der Waals surface area contributed by atoms with Gasteiger partial charge in [-0.15, -0.1) is 0 Å². The van der Waals surface area contributed by atoms with Gasteiger partial charge in [-0.2, -0.15) is 13.2 Å². The summed E-state index contributed by atoms with van der Waals surface area (Å²) >= 11 is 0. The molecule has 9 heteroatoms. The molecule has 2 aromatic carbocycles. The van der Waals surface area contributed by atoms with E-state index in [2.05, 4.69) is 38.7 Å². The predicted octanol–water partition coefficient (Wildman–Crippen LogP) is 7.70. The summed E-state index contributed by atoms with van der Waals surface area (Å²) in [6.45, 7) is 9.75. The number of alkyl halides is 3. The number of ketones is 1. The molecule has 0 aromatic heterocycles. The second kappa shape index (κ2) is 14.9. The van der Waals surface area contributed by atoms with E-state index in [0.29, 0.717) is 74.5 Å². The van der Waals surface area contributed by atoms with Crippen LogP contribution in [0.2, 0.25) is 0 Å². The first-order chi connectivity index (χ1) is 24.4. The van der Waals surface area contributed by atoms with Gasteiger partial charge in [-0.05, 0) is 130 Å². The van der Waals surface area contributed by atoms with Gasteiger partial charge < -0.3 is 20.4 Å². The molecule has 6 nitrogen and oxygen atoms in total. The minimum atomic E-state index is -4.60. The maximum atomic E-state index is 14.3. The van der Waals surface area contributed by atoms with Crippen molar-refractivity contribution < 1.29 is 38.4 Å². The minimum Gasteiger partial charge on any atom is -0.394 e. The number of carbonyl (C=O) groups excluding carboxylic acids is 1. The van der Waals surface area contributed by atoms with E-state index in [4.69, 9.17) is 0 Å². The van der Waals surface area contributed by atoms with Crippen molar-refractivity contribution in [3.8, 4) is 0 Å². The lowest BCUT2D eigenvalue weighted by molar-refractivity contribution is -0.137. The highest BCUT2D eigenvalue weighted by atomic mass is 19.4. The molecular formula is C43H58F3NO5. The van der Waals surface area contributed by atoms with Crippen molar-refractivity contribution in [1.82, 2.24) is 4.90 Å². The zero-order chi connectivity index (χ0) is 37.6. The van der Waals surface area contributed by atoms with Crippen LogP contribution in [-0.2, 0) is 12.6 Å². The Morgan fingerprint density at radius 1 is 1.04 bits per heavy atom. The molecule has 6 aliphatic carbocycles. The van der Waals surface area contributed by atoms with E-state index >= 15 is 0 Å². The van der Waals surface area contributed by atoms with Crippen LogP contribution in [0.15, 0.2) is 54.1 Å². The van der Waals surface area contributed by atoms with Gasteiger partial charge in [0.25, 0.3) is 0 Å². The smallest absolute Gasteiger partial charge is 0.394 e. The number of hydrogen-bond acceptors (Lipinski definition) is 6. The summed E-state index contributed by atoms with van der Waals surface area (Å²) < 4.78 is 41.3. The van der Waals surface area contributed by atoms with Crippen molar-refractivity contribution in [2.24, 2.45) is 28.6 Å². The molecule has 8 atom stereocenters. The van der Waals surface area contributed by atoms with Gasteiger partial charge in [0, 0.05) is 36.2 Å². The fourth-order valence-corrected chi connectivity index (χ4v) is 10.6. The largest absolute Gasteiger partial charge is 0.416 e. The molecule has 0 spiro atoms. The van der Waals surface area contributed by atoms with Crippen LogP contribution in [0.1, 0.15) is 124 Å². The summed E-state index contributed by atoms with van der Waals surface area (Å²) in [6.07, 6.45) is 3.31. The van der Waals surface area contributed by atoms with E-state index in [9.17, 15) is 38.4 Å². The number of fused-ring (bicyclic) bond motifs is 10. The second-order valence-electron chi connectivity index (χ2n) is 17.6. The van der Waals surface area contributed by atoms with E-state index in [0.717, 1.165) is 36.6 Å². The number of benzene rings is 2. The van der Waals surface area contributed by atoms with Gasteiger partial charge in [0.05, 0.1) is 30.0 Å². The number of halogens is 3. The van der Waals surface area contributed by atoms with Crippen LogP contribution in [0.5, 0.6) is 0 Å². The molecule has 8 rings (SSSR count). The topological polar surface area (TPSA) is 101 Å². The van der Waals surface area contributed by atoms with Crippen molar-refractivity contribution in [2.75, 3.05) is 26.2 Å². The quantitative estimate of drug-likeness (QED) is 0.156. The number of aliphatic hydroxyl groups is 4. The van der Waals surface area contributed by atoms with E-state index < -0.39 is 40.7 Å². The van der Waals surface area contributed by atoms with E-state index in [1.54, 1.807) is 6.07 Å². The molecule has 4 bridgehead atoms. The van der Waals surface area contributed by atoms with Crippen molar-refractivity contribution >= 4 is 5.78 Å². The van der Waals surface area contributed by atoms with Gasteiger partial charge >= 0.3 is 6.18 Å². The highest BCUT2D eigenvalue weighted by Crippen LogP contribution is 2.62. The molecule has 0 saturated heterocycles. The van der Waals surface area contributed by atoms with Crippen LogP contribution in [0.4, 0.5) is 13.2 Å². The first-order valence-electron chi connectivity index (χ1n) is 19.4. The third-order valence-electron chi connectivity index (χ3n) is 14.0. The minimum absolute atomic E-state index is 0.0544. The summed E-state index contributed by atoms with van der Waals surface area (Å²) in [4.78, 5) is 16.5. The van der Waals surface area contributed by atoms with Gasteiger partial charge in [-0.1, -0.05) is 56.7 Å². The first-order valence-corrected chi connectivity index (χ1v) is 19.4. The summed E-state index contributed by atoms with van der Waals surface area (Å²) in [5.74, 6) is 0.944. The molecule has 0 radical (unpaired) electrons. The van der Waals surface area contributed by atoms with E-state index in [-0.39, 0.29) is 30.0 Å². The van der Waals surface area contributed by atoms with Crippen LogP contribution in [-0.4, -0.2) is 75.2 Å². The van der Waals surface area contributed by atoms with E-state index in [1.165, 1.54) is 30.5 Å². The average molecular weight is 726 g/mol. The Hall–Kier alpha value is -2.56. The van der Waals surface area contributed by atoms with Gasteiger partial charge in [0.15, 0.2) is 5.78 Å².